The quantitative estimate of drug-likeness (QED) is 0.679. The molecule has 3 N–H and O–H groups in total. The number of carboxylic acids is 1. The summed E-state index contributed by atoms with van der Waals surface area (Å²) in [5, 5.41) is 9.35. The van der Waals surface area contributed by atoms with Gasteiger partial charge in [0.1, 0.15) is 5.56 Å². The molecule has 31 heavy (non-hydrogen) atoms. The maximum Gasteiger partial charge on any atom is 0.393 e. The molecule has 1 aliphatic heterocycles. The van der Waals surface area contributed by atoms with Crippen LogP contribution < -0.4 is 16.2 Å². The Labute approximate surface area is 181 Å². The number of nitrogens with two attached hydrogens (primary N) is 1. The van der Waals surface area contributed by atoms with Crippen molar-refractivity contribution in [3.8, 4) is 0 Å². The molecule has 0 radical (unpaired) electrons. The maximum atomic E-state index is 15.1. The number of nitrogens with zero attached hydrogens (tertiary/aromatic N) is 2. The van der Waals surface area contributed by atoms with E-state index in [1.54, 1.807) is 6.92 Å². The van der Waals surface area contributed by atoms with Crippen LogP contribution in [0.5, 0.6) is 0 Å². The van der Waals surface area contributed by atoms with Gasteiger partial charge in [0.05, 0.1) is 23.3 Å². The molecule has 0 bridgehead atoms. The number of anilines is 1. The van der Waals surface area contributed by atoms with E-state index in [1.807, 2.05) is 0 Å². The number of fused-ring (bicyclic) bond motifs is 1. The van der Waals surface area contributed by atoms with E-state index in [9.17, 15) is 27.9 Å². The molecular weight excluding hydrogens is 442 g/mol. The summed E-state index contributed by atoms with van der Waals surface area (Å²) >= 11 is 0. The van der Waals surface area contributed by atoms with Gasteiger partial charge < -0.3 is 15.7 Å². The van der Waals surface area contributed by atoms with Crippen molar-refractivity contribution < 1.29 is 27.5 Å². The largest absolute Gasteiger partial charge is 0.477 e. The molecule has 2 aromatic heterocycles. The molecule has 0 spiro atoms. The van der Waals surface area contributed by atoms with Crippen molar-refractivity contribution in [3.05, 3.63) is 45.1 Å². The van der Waals surface area contributed by atoms with Gasteiger partial charge in [-0.3, -0.25) is 9.20 Å². The molecule has 2 aliphatic rings. The Morgan fingerprint density at radius 2 is 1.94 bits per heavy atom. The molecule has 0 amide bonds. The molecule has 11 heteroatoms. The highest BCUT2D eigenvalue weighted by Crippen LogP contribution is 2.45. The molecule has 2 atom stereocenters. The van der Waals surface area contributed by atoms with Crippen LogP contribution in [0.2, 0.25) is 0 Å². The zero-order valence-electron chi connectivity index (χ0n) is 16.6. The number of rotatable bonds is 4. The van der Waals surface area contributed by atoms with Gasteiger partial charge in [0.15, 0.2) is 5.82 Å². The summed E-state index contributed by atoms with van der Waals surface area (Å²) in [7, 11) is 0. The molecule has 3 heterocycles. The SMILES string of the molecule is Cc1c(N2C[C@@H](CN)[C@H](C(F)(F)F)C2)c(F)cn2c(=O)c(C(=O)O)cc(C3CC3)c12.Cl. The van der Waals surface area contributed by atoms with Crippen LogP contribution in [0.3, 0.4) is 0 Å². The second kappa shape index (κ2) is 7.98. The van der Waals surface area contributed by atoms with Gasteiger partial charge in [-0.25, -0.2) is 9.18 Å². The molecule has 1 aliphatic carbocycles. The lowest BCUT2D eigenvalue weighted by Gasteiger charge is -2.24. The fourth-order valence-corrected chi connectivity index (χ4v) is 4.55. The summed E-state index contributed by atoms with van der Waals surface area (Å²) in [4.78, 5) is 25.4. The summed E-state index contributed by atoms with van der Waals surface area (Å²) in [6, 6.07) is 1.32. The number of aromatic carboxylic acids is 1. The van der Waals surface area contributed by atoms with Crippen LogP contribution in [-0.4, -0.2) is 41.3 Å². The standard InChI is InChI=1S/C20H21F4N3O3.ClH/c1-9-16-12(10-2-3-10)4-13(19(29)30)18(28)27(16)8-15(21)17(9)26-6-11(5-25)14(7-26)20(22,23)24;/h4,8,10-11,14H,2-3,5-7,25H2,1H3,(H,29,30);1H/t11-,14-;/m1./s1. The van der Waals surface area contributed by atoms with Crippen molar-refractivity contribution in [1.29, 1.82) is 0 Å². The van der Waals surface area contributed by atoms with E-state index in [0.717, 1.165) is 23.4 Å². The fourth-order valence-electron chi connectivity index (χ4n) is 4.55. The van der Waals surface area contributed by atoms with Gasteiger partial charge in [0.25, 0.3) is 5.56 Å². The average Bonchev–Trinajstić information content (AvgIpc) is 3.40. The van der Waals surface area contributed by atoms with Crippen molar-refractivity contribution in [2.75, 3.05) is 24.5 Å². The average molecular weight is 464 g/mol. The first-order valence-electron chi connectivity index (χ1n) is 9.68. The molecule has 170 valence electrons. The van der Waals surface area contributed by atoms with Crippen molar-refractivity contribution in [2.45, 2.75) is 31.9 Å². The van der Waals surface area contributed by atoms with E-state index in [0.29, 0.717) is 16.6 Å². The van der Waals surface area contributed by atoms with Crippen molar-refractivity contribution in [3.63, 3.8) is 0 Å². The van der Waals surface area contributed by atoms with Crippen molar-refractivity contribution >= 4 is 29.6 Å². The molecule has 2 aromatic rings. The number of aromatic nitrogens is 1. The molecule has 6 nitrogen and oxygen atoms in total. The fraction of sp³-hybridized carbons (Fsp3) is 0.500. The van der Waals surface area contributed by atoms with Crippen LogP contribution in [0.1, 0.15) is 40.2 Å². The number of alkyl halides is 3. The third-order valence-corrected chi connectivity index (χ3v) is 6.17. The Morgan fingerprint density at radius 3 is 2.42 bits per heavy atom. The number of aryl methyl sites for hydroxylation is 1. The van der Waals surface area contributed by atoms with Crippen LogP contribution in [0.25, 0.3) is 5.52 Å². The molecule has 0 unspecified atom stereocenters. The van der Waals surface area contributed by atoms with Gasteiger partial charge in [0, 0.05) is 19.0 Å². The minimum atomic E-state index is -4.45. The lowest BCUT2D eigenvalue weighted by atomic mass is 9.96. The maximum absolute atomic E-state index is 15.1. The number of halogens is 5. The van der Waals surface area contributed by atoms with Gasteiger partial charge in [-0.15, -0.1) is 12.4 Å². The third kappa shape index (κ3) is 3.87. The van der Waals surface area contributed by atoms with E-state index in [2.05, 4.69) is 0 Å². The summed E-state index contributed by atoms with van der Waals surface area (Å²) in [5.74, 6) is -4.77. The Kier molecular flexibility index (Phi) is 6.01. The Balaban J connectivity index is 0.00000272. The smallest absolute Gasteiger partial charge is 0.393 e. The van der Waals surface area contributed by atoms with Gasteiger partial charge in [-0.2, -0.15) is 13.2 Å². The minimum Gasteiger partial charge on any atom is -0.477 e. The first-order chi connectivity index (χ1) is 14.0. The first kappa shape index (κ1) is 23.3. The second-order valence-corrected chi connectivity index (χ2v) is 8.12. The first-order valence-corrected chi connectivity index (χ1v) is 9.68. The van der Waals surface area contributed by atoms with Crippen molar-refractivity contribution in [2.24, 2.45) is 17.6 Å². The zero-order chi connectivity index (χ0) is 22.0. The van der Waals surface area contributed by atoms with E-state index in [-0.39, 0.29) is 37.1 Å². The third-order valence-electron chi connectivity index (χ3n) is 6.17. The molecule has 4 rings (SSSR count). The van der Waals surface area contributed by atoms with Gasteiger partial charge >= 0.3 is 12.1 Å². The van der Waals surface area contributed by atoms with Crippen LogP contribution in [0, 0.1) is 24.6 Å². The number of hydrogen-bond donors (Lipinski definition) is 2. The van der Waals surface area contributed by atoms with Gasteiger partial charge in [-0.05, 0) is 49.4 Å². The van der Waals surface area contributed by atoms with E-state index in [4.69, 9.17) is 5.73 Å². The predicted molar refractivity (Wildman–Crippen MR) is 109 cm³/mol. The predicted octanol–water partition coefficient (Wildman–Crippen LogP) is 3.32. The van der Waals surface area contributed by atoms with E-state index >= 15 is 4.39 Å². The number of carboxylic acid groups (broad SMARTS) is 1. The number of pyridine rings is 2. The normalized spacial score (nSPS) is 21.4. The Hall–Kier alpha value is -2.33. The monoisotopic (exact) mass is 463 g/mol. The highest BCUT2D eigenvalue weighted by molar-refractivity contribution is 5.89. The Morgan fingerprint density at radius 1 is 1.29 bits per heavy atom. The number of hydrogen-bond acceptors (Lipinski definition) is 4. The Bertz CT molecular complexity index is 1100. The molecule has 2 fully saturated rings. The van der Waals surface area contributed by atoms with Gasteiger partial charge in [0.2, 0.25) is 0 Å². The highest BCUT2D eigenvalue weighted by atomic mass is 35.5. The minimum absolute atomic E-state index is 0. The van der Waals surface area contributed by atoms with Crippen molar-refractivity contribution in [1.82, 2.24) is 4.40 Å². The molecule has 1 saturated carbocycles. The van der Waals surface area contributed by atoms with E-state index < -0.39 is 47.5 Å². The van der Waals surface area contributed by atoms with Crippen LogP contribution >= 0.6 is 12.4 Å². The summed E-state index contributed by atoms with van der Waals surface area (Å²) in [5.41, 5.74) is 5.51. The highest BCUT2D eigenvalue weighted by Gasteiger charge is 2.49. The second-order valence-electron chi connectivity index (χ2n) is 8.12. The van der Waals surface area contributed by atoms with E-state index in [1.165, 1.54) is 11.0 Å². The summed E-state index contributed by atoms with van der Waals surface area (Å²) in [6.45, 7) is 0.905. The van der Waals surface area contributed by atoms with Crippen LogP contribution in [0.4, 0.5) is 23.2 Å². The lowest BCUT2D eigenvalue weighted by molar-refractivity contribution is -0.178. The zero-order valence-corrected chi connectivity index (χ0v) is 17.4. The molecular formula is C20H22ClF4N3O3. The van der Waals surface area contributed by atoms with Crippen LogP contribution in [0.15, 0.2) is 17.1 Å². The molecule has 1 saturated heterocycles. The summed E-state index contributed by atoms with van der Waals surface area (Å²) in [6.07, 6.45) is -1.97. The summed E-state index contributed by atoms with van der Waals surface area (Å²) < 4.78 is 56.3. The number of carbonyl (C=O) groups is 1. The topological polar surface area (TPSA) is 88.0 Å². The molecule has 0 aromatic carbocycles. The van der Waals surface area contributed by atoms with Crippen LogP contribution in [-0.2, 0) is 0 Å². The van der Waals surface area contributed by atoms with Gasteiger partial charge in [-0.1, -0.05) is 0 Å². The lowest BCUT2D eigenvalue weighted by Crippen LogP contribution is -2.33.